The van der Waals surface area contributed by atoms with Crippen LogP contribution in [0.25, 0.3) is 12.2 Å². The molecule has 0 spiro atoms. The molecule has 3 aromatic rings. The van der Waals surface area contributed by atoms with E-state index >= 15 is 0 Å². The van der Waals surface area contributed by atoms with Crippen LogP contribution < -0.4 is 5.32 Å². The van der Waals surface area contributed by atoms with E-state index in [1.165, 1.54) is 29.4 Å². The molecule has 7 nitrogen and oxygen atoms in total. The largest absolute Gasteiger partial charge is 0.355 e. The van der Waals surface area contributed by atoms with Gasteiger partial charge >= 0.3 is 0 Å². The molecule has 4 rings (SSSR count). The van der Waals surface area contributed by atoms with Gasteiger partial charge < -0.3 is 9.84 Å². The number of aromatic nitrogens is 1. The van der Waals surface area contributed by atoms with Gasteiger partial charge in [0.15, 0.2) is 10.7 Å². The number of carbonyl (C=O) groups excluding carboxylic acids is 1. The van der Waals surface area contributed by atoms with Crippen LogP contribution in [0.3, 0.4) is 0 Å². The molecule has 0 bridgehead atoms. The summed E-state index contributed by atoms with van der Waals surface area (Å²) >= 11 is 0. The minimum atomic E-state index is -3.98. The Balaban J connectivity index is 1.47. The first-order chi connectivity index (χ1) is 17.1. The van der Waals surface area contributed by atoms with Gasteiger partial charge in [0.05, 0.1) is 0 Å². The van der Waals surface area contributed by atoms with Crippen LogP contribution >= 0.6 is 0 Å². The summed E-state index contributed by atoms with van der Waals surface area (Å²) in [5.74, 6) is -2.00. The van der Waals surface area contributed by atoms with Gasteiger partial charge in [-0.05, 0) is 69.0 Å². The highest BCUT2D eigenvalue weighted by Gasteiger charge is 2.36. The number of halogens is 2. The van der Waals surface area contributed by atoms with E-state index in [0.29, 0.717) is 12.8 Å². The summed E-state index contributed by atoms with van der Waals surface area (Å²) in [6, 6.07) is 8.87. The van der Waals surface area contributed by atoms with Crippen LogP contribution in [0.5, 0.6) is 0 Å². The Morgan fingerprint density at radius 1 is 1.08 bits per heavy atom. The SMILES string of the molecule is Cc1cccc(C)c1NC(=O)C1CCN(S(=O)(=O)c2c(C)noc2/C=C/c2ccc(F)cc2F)CC1. The molecule has 190 valence electrons. The standard InChI is InChI=1S/C26H27F2N3O4S/c1-16-5-4-6-17(2)24(16)29-26(32)20-11-13-31(14-12-20)36(33,34)25-18(3)30-35-23(25)10-8-19-7-9-21(27)15-22(19)28/h4-10,15,20H,11-14H2,1-3H3,(H,29,32)/b10-8+. The second-order valence-corrected chi connectivity index (χ2v) is 10.8. The monoisotopic (exact) mass is 515 g/mol. The second kappa shape index (κ2) is 10.3. The Bertz CT molecular complexity index is 1400. The first-order valence-electron chi connectivity index (χ1n) is 11.5. The fraction of sp³-hybridized carbons (Fsp3) is 0.308. The molecule has 0 atom stereocenters. The van der Waals surface area contributed by atoms with Crippen molar-refractivity contribution in [2.24, 2.45) is 5.92 Å². The Labute approximate surface area is 208 Å². The number of carbonyl (C=O) groups is 1. The molecule has 1 aliphatic heterocycles. The Morgan fingerprint density at radius 3 is 2.39 bits per heavy atom. The van der Waals surface area contributed by atoms with E-state index in [1.807, 2.05) is 32.0 Å². The summed E-state index contributed by atoms with van der Waals surface area (Å²) in [6.07, 6.45) is 3.34. The third kappa shape index (κ3) is 5.24. The number of piperidine rings is 1. The number of anilines is 1. The van der Waals surface area contributed by atoms with Crippen LogP contribution in [0.1, 0.15) is 41.0 Å². The maximum absolute atomic E-state index is 14.0. The van der Waals surface area contributed by atoms with E-state index in [1.54, 1.807) is 0 Å². The number of nitrogens with zero attached hydrogens (tertiary/aromatic N) is 2. The molecule has 2 aromatic carbocycles. The molecular weight excluding hydrogens is 488 g/mol. The highest BCUT2D eigenvalue weighted by atomic mass is 32.2. The van der Waals surface area contributed by atoms with Crippen LogP contribution in [-0.4, -0.2) is 36.9 Å². The zero-order chi connectivity index (χ0) is 26.0. The summed E-state index contributed by atoms with van der Waals surface area (Å²) in [6.45, 7) is 5.68. The molecule has 0 aliphatic carbocycles. The minimum absolute atomic E-state index is 0.0499. The van der Waals surface area contributed by atoms with Crippen molar-refractivity contribution in [3.8, 4) is 0 Å². The molecule has 1 fully saturated rings. The Morgan fingerprint density at radius 2 is 1.75 bits per heavy atom. The molecule has 1 N–H and O–H groups in total. The molecule has 0 saturated carbocycles. The number of hydrogen-bond donors (Lipinski definition) is 1. The lowest BCUT2D eigenvalue weighted by Crippen LogP contribution is -2.41. The lowest BCUT2D eigenvalue weighted by atomic mass is 9.96. The number of amides is 1. The van der Waals surface area contributed by atoms with Gasteiger partial charge in [0.2, 0.25) is 15.9 Å². The van der Waals surface area contributed by atoms with Gasteiger partial charge in [0, 0.05) is 36.3 Å². The van der Waals surface area contributed by atoms with Crippen molar-refractivity contribution in [2.45, 2.75) is 38.5 Å². The van der Waals surface area contributed by atoms with Crippen LogP contribution in [-0.2, 0) is 14.8 Å². The smallest absolute Gasteiger partial charge is 0.248 e. The van der Waals surface area contributed by atoms with Crippen LogP contribution in [0.15, 0.2) is 45.8 Å². The summed E-state index contributed by atoms with van der Waals surface area (Å²) < 4.78 is 60.5. The predicted octanol–water partition coefficient (Wildman–Crippen LogP) is 5.09. The second-order valence-electron chi connectivity index (χ2n) is 8.89. The van der Waals surface area contributed by atoms with Crippen molar-refractivity contribution in [2.75, 3.05) is 18.4 Å². The van der Waals surface area contributed by atoms with Gasteiger partial charge in [0.25, 0.3) is 0 Å². The van der Waals surface area contributed by atoms with Crippen LogP contribution in [0, 0.1) is 38.3 Å². The average Bonchev–Trinajstić information content (AvgIpc) is 3.22. The number of aryl methyl sites for hydroxylation is 3. The quantitative estimate of drug-likeness (QED) is 0.494. The highest BCUT2D eigenvalue weighted by molar-refractivity contribution is 7.89. The lowest BCUT2D eigenvalue weighted by molar-refractivity contribution is -0.120. The van der Waals surface area contributed by atoms with E-state index in [0.717, 1.165) is 28.9 Å². The number of sulfonamides is 1. The fourth-order valence-electron chi connectivity index (χ4n) is 4.33. The molecule has 2 heterocycles. The number of nitrogens with one attached hydrogen (secondary N) is 1. The third-order valence-electron chi connectivity index (χ3n) is 6.36. The Kier molecular flexibility index (Phi) is 7.37. The Hall–Kier alpha value is -3.37. The number of benzene rings is 2. The molecule has 1 saturated heterocycles. The fourth-order valence-corrected chi connectivity index (χ4v) is 6.05. The first-order valence-corrected chi connectivity index (χ1v) is 13.0. The number of rotatable bonds is 6. The maximum atomic E-state index is 14.0. The highest BCUT2D eigenvalue weighted by Crippen LogP contribution is 2.30. The molecule has 1 aliphatic rings. The topological polar surface area (TPSA) is 92.5 Å². The van der Waals surface area contributed by atoms with Gasteiger partial charge in [-0.25, -0.2) is 17.2 Å². The van der Waals surface area contributed by atoms with Crippen molar-refractivity contribution < 1.29 is 26.5 Å². The summed E-state index contributed by atoms with van der Waals surface area (Å²) in [4.78, 5) is 12.8. The molecule has 0 radical (unpaired) electrons. The van der Waals surface area contributed by atoms with Gasteiger partial charge in [-0.1, -0.05) is 23.4 Å². The minimum Gasteiger partial charge on any atom is -0.355 e. The van der Waals surface area contributed by atoms with Gasteiger partial charge in [-0.3, -0.25) is 4.79 Å². The average molecular weight is 516 g/mol. The zero-order valence-corrected chi connectivity index (χ0v) is 21.0. The van der Waals surface area contributed by atoms with Gasteiger partial charge in [0.1, 0.15) is 17.3 Å². The first kappa shape index (κ1) is 25.7. The molecular formula is C26H27F2N3O4S. The van der Waals surface area contributed by atoms with E-state index in [9.17, 15) is 22.0 Å². The summed E-state index contributed by atoms with van der Waals surface area (Å²) in [5, 5.41) is 6.78. The van der Waals surface area contributed by atoms with E-state index in [4.69, 9.17) is 4.52 Å². The van der Waals surface area contributed by atoms with Crippen LogP contribution in [0.4, 0.5) is 14.5 Å². The zero-order valence-electron chi connectivity index (χ0n) is 20.2. The molecule has 0 unspecified atom stereocenters. The van der Waals surface area contributed by atoms with E-state index < -0.39 is 21.7 Å². The van der Waals surface area contributed by atoms with Gasteiger partial charge in [-0.15, -0.1) is 0 Å². The van der Waals surface area contributed by atoms with Crippen molar-refractivity contribution in [1.29, 1.82) is 0 Å². The van der Waals surface area contributed by atoms with Crippen molar-refractivity contribution in [3.63, 3.8) is 0 Å². The maximum Gasteiger partial charge on any atom is 0.248 e. The predicted molar refractivity (Wildman–Crippen MR) is 133 cm³/mol. The number of hydrogen-bond acceptors (Lipinski definition) is 5. The lowest BCUT2D eigenvalue weighted by Gasteiger charge is -2.30. The van der Waals surface area contributed by atoms with E-state index in [-0.39, 0.29) is 46.8 Å². The normalized spacial score (nSPS) is 15.5. The van der Waals surface area contributed by atoms with Crippen molar-refractivity contribution in [3.05, 3.63) is 76.2 Å². The third-order valence-corrected chi connectivity index (χ3v) is 8.42. The summed E-state index contributed by atoms with van der Waals surface area (Å²) in [5.41, 5.74) is 2.96. The molecule has 36 heavy (non-hydrogen) atoms. The van der Waals surface area contributed by atoms with Crippen LogP contribution in [0.2, 0.25) is 0 Å². The number of para-hydroxylation sites is 1. The van der Waals surface area contributed by atoms with E-state index in [2.05, 4.69) is 10.5 Å². The van der Waals surface area contributed by atoms with Gasteiger partial charge in [-0.2, -0.15) is 4.31 Å². The molecule has 1 aromatic heterocycles. The molecule has 1 amide bonds. The summed E-state index contributed by atoms with van der Waals surface area (Å²) in [7, 11) is -3.98. The van der Waals surface area contributed by atoms with Crippen molar-refractivity contribution in [1.82, 2.24) is 9.46 Å². The molecule has 10 heteroatoms. The van der Waals surface area contributed by atoms with Crippen molar-refractivity contribution >= 4 is 33.8 Å².